The van der Waals surface area contributed by atoms with E-state index in [1.165, 1.54) is 109 Å². The van der Waals surface area contributed by atoms with E-state index < -0.39 is 0 Å². The summed E-state index contributed by atoms with van der Waals surface area (Å²) >= 11 is 0. The van der Waals surface area contributed by atoms with E-state index in [1.807, 2.05) is 0 Å². The van der Waals surface area contributed by atoms with Crippen molar-refractivity contribution in [3.63, 3.8) is 0 Å². The summed E-state index contributed by atoms with van der Waals surface area (Å²) in [6.45, 7) is 11.4. The maximum absolute atomic E-state index is 6.17. The predicted molar refractivity (Wildman–Crippen MR) is 214 cm³/mol. The highest BCUT2D eigenvalue weighted by molar-refractivity contribution is 5.51. The number of rotatable bonds is 16. The van der Waals surface area contributed by atoms with Crippen LogP contribution in [0.15, 0.2) is 84.9 Å². The molecule has 0 saturated heterocycles. The number of nitrogens with two attached hydrogens (primary N) is 2. The Hall–Kier alpha value is -3.52. The molecular weight excluding hydrogens is 593 g/mol. The Kier molecular flexibility index (Phi) is 13.1. The fraction of sp³-hybridized carbons (Fsp3) is 0.489. The number of hydrogen-bond donors (Lipinski definition) is 2. The smallest absolute Gasteiger partial charge is 0.0316 e. The Morgan fingerprint density at radius 1 is 0.571 bits per heavy atom. The molecule has 2 unspecified atom stereocenters. The molecule has 1 aliphatic carbocycles. The predicted octanol–water partition coefficient (Wildman–Crippen LogP) is 13.2. The molecule has 49 heavy (non-hydrogen) atoms. The molecule has 2 nitrogen and oxygen atoms in total. The molecule has 2 atom stereocenters. The summed E-state index contributed by atoms with van der Waals surface area (Å²) in [5, 5.41) is 0. The fourth-order valence-electron chi connectivity index (χ4n) is 9.34. The van der Waals surface area contributed by atoms with E-state index in [-0.39, 0.29) is 5.41 Å². The molecule has 0 amide bonds. The van der Waals surface area contributed by atoms with Crippen LogP contribution in [0.25, 0.3) is 0 Å². The maximum atomic E-state index is 6.17. The molecule has 0 bridgehead atoms. The average Bonchev–Trinajstić information content (AvgIpc) is 3.11. The van der Waals surface area contributed by atoms with E-state index in [1.54, 1.807) is 0 Å². The van der Waals surface area contributed by atoms with Crippen LogP contribution in [0.2, 0.25) is 0 Å². The van der Waals surface area contributed by atoms with Gasteiger partial charge in [0.15, 0.2) is 0 Å². The van der Waals surface area contributed by atoms with Gasteiger partial charge in [-0.05, 0) is 121 Å². The van der Waals surface area contributed by atoms with Gasteiger partial charge in [0.1, 0.15) is 0 Å². The van der Waals surface area contributed by atoms with Crippen molar-refractivity contribution in [1.29, 1.82) is 0 Å². The van der Waals surface area contributed by atoms with Gasteiger partial charge in [-0.3, -0.25) is 0 Å². The quantitative estimate of drug-likeness (QED) is 0.0931. The lowest BCUT2D eigenvalue weighted by Crippen LogP contribution is -2.38. The summed E-state index contributed by atoms with van der Waals surface area (Å²) in [6.07, 6.45) is 17.7. The van der Waals surface area contributed by atoms with Crippen molar-refractivity contribution in [2.24, 2.45) is 5.92 Å². The second-order valence-corrected chi connectivity index (χ2v) is 15.3. The molecule has 0 heterocycles. The summed E-state index contributed by atoms with van der Waals surface area (Å²) < 4.78 is 0. The Morgan fingerprint density at radius 3 is 1.45 bits per heavy atom. The third-order valence-corrected chi connectivity index (χ3v) is 11.9. The summed E-state index contributed by atoms with van der Waals surface area (Å²) in [7, 11) is 0. The van der Waals surface area contributed by atoms with Gasteiger partial charge in [-0.25, -0.2) is 0 Å². The number of hydrogen-bond acceptors (Lipinski definition) is 2. The minimum absolute atomic E-state index is 0.0277. The standard InChI is InChI=1S/C47H64N2/c1-6-9-10-14-31-47(38-17-12-11-13-18-38,39-23-19-36(20-24-39)45(15-7-2)43-29-27-41(48)32-34(43)4)40-25-21-37(22-26-40)46(16-8-3)44-30-28-42(49)33-35(44)5/h19-30,32-33,38,45-46H,6-18,31,48-49H2,1-5H3. The lowest BCUT2D eigenvalue weighted by Gasteiger charge is -2.45. The number of unbranched alkanes of at least 4 members (excludes halogenated alkanes) is 3. The van der Waals surface area contributed by atoms with Crippen LogP contribution in [0.3, 0.4) is 0 Å². The molecule has 4 N–H and O–H groups in total. The SMILES string of the molecule is CCCCCCC(c1ccc(C(CCC)c2ccc(N)cc2C)cc1)(c1ccc(C(CCC)c2ccc(N)cc2C)cc1)C1CCCCC1. The molecule has 0 aromatic heterocycles. The van der Waals surface area contributed by atoms with Gasteiger partial charge >= 0.3 is 0 Å². The fourth-order valence-corrected chi connectivity index (χ4v) is 9.34. The minimum Gasteiger partial charge on any atom is -0.399 e. The maximum Gasteiger partial charge on any atom is 0.0316 e. The zero-order valence-corrected chi connectivity index (χ0v) is 31.4. The van der Waals surface area contributed by atoms with Crippen molar-refractivity contribution in [2.75, 3.05) is 11.5 Å². The first kappa shape index (κ1) is 36.8. The summed E-state index contributed by atoms with van der Waals surface area (Å²) in [4.78, 5) is 0. The van der Waals surface area contributed by atoms with Crippen molar-refractivity contribution in [3.05, 3.63) is 129 Å². The van der Waals surface area contributed by atoms with Gasteiger partial charge in [-0.2, -0.15) is 0 Å². The van der Waals surface area contributed by atoms with Crippen molar-refractivity contribution >= 4 is 11.4 Å². The normalized spacial score (nSPS) is 16.3. The van der Waals surface area contributed by atoms with Crippen LogP contribution in [-0.4, -0.2) is 0 Å². The highest BCUT2D eigenvalue weighted by atomic mass is 14.5. The molecular formula is C47H64N2. The third kappa shape index (κ3) is 8.45. The van der Waals surface area contributed by atoms with Crippen LogP contribution in [0.4, 0.5) is 11.4 Å². The van der Waals surface area contributed by atoms with E-state index in [0.29, 0.717) is 17.8 Å². The number of nitrogen functional groups attached to an aromatic ring is 2. The van der Waals surface area contributed by atoms with E-state index in [0.717, 1.165) is 37.1 Å². The molecule has 5 rings (SSSR count). The largest absolute Gasteiger partial charge is 0.399 e. The number of benzene rings is 4. The Labute approximate surface area is 299 Å². The van der Waals surface area contributed by atoms with Crippen molar-refractivity contribution in [1.82, 2.24) is 0 Å². The zero-order chi connectivity index (χ0) is 34.8. The lowest BCUT2D eigenvalue weighted by atomic mass is 9.59. The van der Waals surface area contributed by atoms with E-state index >= 15 is 0 Å². The highest BCUT2D eigenvalue weighted by Crippen LogP contribution is 2.50. The Bertz CT molecular complexity index is 1490. The van der Waals surface area contributed by atoms with Gasteiger partial charge in [-0.1, -0.05) is 139 Å². The van der Waals surface area contributed by atoms with Gasteiger partial charge < -0.3 is 11.5 Å². The van der Waals surface area contributed by atoms with Crippen LogP contribution in [0.5, 0.6) is 0 Å². The zero-order valence-electron chi connectivity index (χ0n) is 31.4. The first-order chi connectivity index (χ1) is 23.8. The second-order valence-electron chi connectivity index (χ2n) is 15.3. The van der Waals surface area contributed by atoms with Gasteiger partial charge in [-0.15, -0.1) is 0 Å². The molecule has 2 heteroatoms. The minimum atomic E-state index is 0.0277. The molecule has 0 radical (unpaired) electrons. The highest BCUT2D eigenvalue weighted by Gasteiger charge is 2.42. The van der Waals surface area contributed by atoms with Crippen LogP contribution >= 0.6 is 0 Å². The molecule has 0 aliphatic heterocycles. The molecule has 262 valence electrons. The lowest BCUT2D eigenvalue weighted by molar-refractivity contribution is 0.220. The van der Waals surface area contributed by atoms with Gasteiger partial charge in [0, 0.05) is 28.6 Å². The second kappa shape index (κ2) is 17.4. The summed E-state index contributed by atoms with van der Waals surface area (Å²) in [5.41, 5.74) is 25.4. The number of aryl methyl sites for hydroxylation is 2. The first-order valence-corrected chi connectivity index (χ1v) is 19.7. The molecule has 1 fully saturated rings. The Balaban J connectivity index is 1.59. The van der Waals surface area contributed by atoms with E-state index in [2.05, 4.69) is 120 Å². The van der Waals surface area contributed by atoms with Crippen LogP contribution in [0, 0.1) is 19.8 Å². The van der Waals surface area contributed by atoms with E-state index in [4.69, 9.17) is 11.5 Å². The van der Waals surface area contributed by atoms with Crippen LogP contribution < -0.4 is 11.5 Å². The third-order valence-electron chi connectivity index (χ3n) is 11.9. The van der Waals surface area contributed by atoms with Gasteiger partial charge in [0.25, 0.3) is 0 Å². The molecule has 1 aliphatic rings. The molecule has 4 aromatic carbocycles. The van der Waals surface area contributed by atoms with Crippen LogP contribution in [0.1, 0.15) is 167 Å². The van der Waals surface area contributed by atoms with Crippen molar-refractivity contribution in [3.8, 4) is 0 Å². The topological polar surface area (TPSA) is 52.0 Å². The molecule has 4 aromatic rings. The average molecular weight is 657 g/mol. The van der Waals surface area contributed by atoms with Crippen molar-refractivity contribution in [2.45, 2.75) is 142 Å². The van der Waals surface area contributed by atoms with E-state index in [9.17, 15) is 0 Å². The molecule has 0 spiro atoms. The van der Waals surface area contributed by atoms with Gasteiger partial charge in [0.2, 0.25) is 0 Å². The Morgan fingerprint density at radius 2 is 1.04 bits per heavy atom. The van der Waals surface area contributed by atoms with Gasteiger partial charge in [0.05, 0.1) is 0 Å². The number of anilines is 2. The summed E-state index contributed by atoms with van der Waals surface area (Å²) in [6, 6.07) is 33.0. The molecule has 1 saturated carbocycles. The monoisotopic (exact) mass is 657 g/mol. The first-order valence-electron chi connectivity index (χ1n) is 19.7. The van der Waals surface area contributed by atoms with Crippen molar-refractivity contribution < 1.29 is 0 Å². The van der Waals surface area contributed by atoms with Crippen LogP contribution in [-0.2, 0) is 5.41 Å². The summed E-state index contributed by atoms with van der Waals surface area (Å²) in [5.74, 6) is 1.44.